The van der Waals surface area contributed by atoms with Gasteiger partial charge in [-0.25, -0.2) is 0 Å². The highest BCUT2D eigenvalue weighted by Gasteiger charge is 2.22. The van der Waals surface area contributed by atoms with Crippen LogP contribution in [0, 0.1) is 6.92 Å². The maximum atomic E-state index is 9.22. The molecule has 0 aliphatic rings. The highest BCUT2D eigenvalue weighted by Crippen LogP contribution is 2.16. The minimum absolute atomic E-state index is 0.217. The monoisotopic (exact) mass is 343 g/mol. The molecule has 0 heterocycles. The number of benzene rings is 2. The van der Waals surface area contributed by atoms with Gasteiger partial charge in [-0.1, -0.05) is 42.0 Å². The van der Waals surface area contributed by atoms with E-state index in [-0.39, 0.29) is 13.2 Å². The first-order chi connectivity index (χ1) is 12.0. The fourth-order valence-corrected chi connectivity index (χ4v) is 2.57. The Morgan fingerprint density at radius 1 is 0.880 bits per heavy atom. The highest BCUT2D eigenvalue weighted by atomic mass is 16.5. The van der Waals surface area contributed by atoms with Crippen molar-refractivity contribution >= 4 is 0 Å². The van der Waals surface area contributed by atoms with Gasteiger partial charge in [-0.15, -0.1) is 0 Å². The summed E-state index contributed by atoms with van der Waals surface area (Å²) in [5.74, 6) is 0.857. The van der Waals surface area contributed by atoms with E-state index in [0.29, 0.717) is 19.4 Å². The minimum Gasteiger partial charge on any atom is -0.494 e. The summed E-state index contributed by atoms with van der Waals surface area (Å²) in [5.41, 5.74) is 8.71. The molecule has 25 heavy (non-hydrogen) atoms. The van der Waals surface area contributed by atoms with Crippen LogP contribution >= 0.6 is 0 Å². The second-order valence-corrected chi connectivity index (χ2v) is 6.76. The van der Waals surface area contributed by atoms with Crippen LogP contribution in [0.1, 0.15) is 29.5 Å². The summed E-state index contributed by atoms with van der Waals surface area (Å²) in [5, 5.41) is 18.4. The third-order valence-corrected chi connectivity index (χ3v) is 4.46. The van der Waals surface area contributed by atoms with E-state index in [9.17, 15) is 10.2 Å². The van der Waals surface area contributed by atoms with Crippen LogP contribution in [0.3, 0.4) is 0 Å². The number of hydrogen-bond acceptors (Lipinski definition) is 4. The highest BCUT2D eigenvalue weighted by molar-refractivity contribution is 5.27. The molecule has 0 fully saturated rings. The first-order valence-electron chi connectivity index (χ1n) is 8.82. The van der Waals surface area contributed by atoms with Gasteiger partial charge in [-0.3, -0.25) is 0 Å². The van der Waals surface area contributed by atoms with Gasteiger partial charge in [0, 0.05) is 0 Å². The number of nitrogens with two attached hydrogens (primary N) is 1. The van der Waals surface area contributed by atoms with Gasteiger partial charge in [0.25, 0.3) is 0 Å². The average Bonchev–Trinajstić information content (AvgIpc) is 2.65. The number of aliphatic hydroxyl groups excluding tert-OH is 2. The lowest BCUT2D eigenvalue weighted by molar-refractivity contribution is 0.115. The maximum Gasteiger partial charge on any atom is 0.119 e. The van der Waals surface area contributed by atoms with Crippen molar-refractivity contribution in [2.45, 2.75) is 38.1 Å². The van der Waals surface area contributed by atoms with Crippen molar-refractivity contribution in [3.63, 3.8) is 0 Å². The molecule has 4 heteroatoms. The molecule has 0 aliphatic heterocycles. The molecule has 136 valence electrons. The Morgan fingerprint density at radius 2 is 1.44 bits per heavy atom. The summed E-state index contributed by atoms with van der Waals surface area (Å²) in [7, 11) is 0. The van der Waals surface area contributed by atoms with E-state index in [1.165, 1.54) is 11.1 Å². The molecule has 0 radical (unpaired) electrons. The molecule has 0 spiro atoms. The van der Waals surface area contributed by atoms with Gasteiger partial charge in [-0.05, 0) is 55.9 Å². The lowest BCUT2D eigenvalue weighted by Crippen LogP contribution is -2.47. The zero-order valence-electron chi connectivity index (χ0n) is 14.9. The number of rotatable bonds is 10. The topological polar surface area (TPSA) is 75.7 Å². The van der Waals surface area contributed by atoms with E-state index in [2.05, 4.69) is 31.2 Å². The van der Waals surface area contributed by atoms with Crippen molar-refractivity contribution in [2.75, 3.05) is 19.8 Å². The van der Waals surface area contributed by atoms with Crippen molar-refractivity contribution < 1.29 is 14.9 Å². The molecule has 0 aliphatic carbocycles. The Bertz CT molecular complexity index is 619. The van der Waals surface area contributed by atoms with Crippen molar-refractivity contribution in [3.8, 4) is 5.75 Å². The van der Waals surface area contributed by atoms with Gasteiger partial charge < -0.3 is 20.7 Å². The molecule has 4 N–H and O–H groups in total. The van der Waals surface area contributed by atoms with Gasteiger partial charge in [-0.2, -0.15) is 0 Å². The van der Waals surface area contributed by atoms with E-state index < -0.39 is 5.54 Å². The lowest BCUT2D eigenvalue weighted by Gasteiger charge is -2.24. The molecule has 2 aromatic rings. The van der Waals surface area contributed by atoms with E-state index in [0.717, 1.165) is 24.2 Å². The van der Waals surface area contributed by atoms with Gasteiger partial charge in [0.15, 0.2) is 0 Å². The molecule has 0 atom stereocenters. The molecule has 2 aromatic carbocycles. The molecule has 4 nitrogen and oxygen atoms in total. The van der Waals surface area contributed by atoms with Crippen LogP contribution in [-0.4, -0.2) is 35.6 Å². The van der Waals surface area contributed by atoms with Gasteiger partial charge in [0.2, 0.25) is 0 Å². The van der Waals surface area contributed by atoms with E-state index in [4.69, 9.17) is 10.5 Å². The van der Waals surface area contributed by atoms with Crippen molar-refractivity contribution in [1.82, 2.24) is 0 Å². The third-order valence-electron chi connectivity index (χ3n) is 4.46. The van der Waals surface area contributed by atoms with Crippen LogP contribution < -0.4 is 10.5 Å². The summed E-state index contributed by atoms with van der Waals surface area (Å²) in [4.78, 5) is 0. The standard InChI is InChI=1S/C21H29NO3/c1-17-4-6-18(7-5-17)3-2-14-25-20-10-8-19(9-11-20)12-13-21(22,15-23)16-24/h4-11,23-24H,2-3,12-16,22H2,1H3. The molecular formula is C21H29NO3. The minimum atomic E-state index is -0.912. The van der Waals surface area contributed by atoms with Gasteiger partial charge in [0.1, 0.15) is 5.75 Å². The summed E-state index contributed by atoms with van der Waals surface area (Å²) in [6.45, 7) is 2.35. The zero-order valence-corrected chi connectivity index (χ0v) is 14.9. The van der Waals surface area contributed by atoms with Gasteiger partial charge in [0.05, 0.1) is 25.4 Å². The van der Waals surface area contributed by atoms with Crippen LogP contribution in [0.5, 0.6) is 5.75 Å². The predicted molar refractivity (Wildman–Crippen MR) is 101 cm³/mol. The summed E-state index contributed by atoms with van der Waals surface area (Å²) < 4.78 is 5.79. The first kappa shape index (κ1) is 19.4. The Balaban J connectivity index is 1.72. The van der Waals surface area contributed by atoms with Gasteiger partial charge >= 0.3 is 0 Å². The molecule has 2 rings (SSSR count). The molecule has 0 saturated heterocycles. The molecule has 0 aromatic heterocycles. The van der Waals surface area contributed by atoms with Crippen LogP contribution in [0.25, 0.3) is 0 Å². The Labute approximate surface area is 150 Å². The largest absolute Gasteiger partial charge is 0.494 e. The summed E-state index contributed by atoms with van der Waals surface area (Å²) in [6.07, 6.45) is 3.24. The van der Waals surface area contributed by atoms with Crippen LogP contribution in [0.4, 0.5) is 0 Å². The lowest BCUT2D eigenvalue weighted by atomic mass is 9.94. The second-order valence-electron chi connectivity index (χ2n) is 6.76. The predicted octanol–water partition coefficient (Wildman–Crippen LogP) is 2.62. The number of hydrogen-bond donors (Lipinski definition) is 3. The summed E-state index contributed by atoms with van der Waals surface area (Å²) >= 11 is 0. The fourth-order valence-electron chi connectivity index (χ4n) is 2.57. The quantitative estimate of drug-likeness (QED) is 0.580. The molecule has 0 bridgehead atoms. The third kappa shape index (κ3) is 6.50. The second kappa shape index (κ2) is 9.56. The zero-order chi connectivity index (χ0) is 18.1. The number of ether oxygens (including phenoxy) is 1. The van der Waals surface area contributed by atoms with E-state index in [1.807, 2.05) is 24.3 Å². The smallest absolute Gasteiger partial charge is 0.119 e. The number of aliphatic hydroxyl groups is 2. The van der Waals surface area contributed by atoms with E-state index >= 15 is 0 Å². The SMILES string of the molecule is Cc1ccc(CCCOc2ccc(CCC(N)(CO)CO)cc2)cc1. The van der Waals surface area contributed by atoms with Crippen molar-refractivity contribution in [1.29, 1.82) is 0 Å². The van der Waals surface area contributed by atoms with Crippen LogP contribution in [0.2, 0.25) is 0 Å². The number of aryl methyl sites for hydroxylation is 3. The molecule has 0 unspecified atom stereocenters. The Kier molecular flexibility index (Phi) is 7.44. The van der Waals surface area contributed by atoms with Crippen LogP contribution in [-0.2, 0) is 12.8 Å². The van der Waals surface area contributed by atoms with Crippen molar-refractivity contribution in [3.05, 3.63) is 65.2 Å². The molecule has 0 saturated carbocycles. The van der Waals surface area contributed by atoms with E-state index in [1.54, 1.807) is 0 Å². The van der Waals surface area contributed by atoms with Crippen molar-refractivity contribution in [2.24, 2.45) is 5.73 Å². The summed E-state index contributed by atoms with van der Waals surface area (Å²) in [6, 6.07) is 16.5. The normalized spacial score (nSPS) is 11.5. The maximum absolute atomic E-state index is 9.22. The molecular weight excluding hydrogens is 314 g/mol. The Hall–Kier alpha value is -1.88. The average molecular weight is 343 g/mol. The fraction of sp³-hybridized carbons (Fsp3) is 0.429. The van der Waals surface area contributed by atoms with Crippen LogP contribution in [0.15, 0.2) is 48.5 Å². The first-order valence-corrected chi connectivity index (χ1v) is 8.82. The molecule has 0 amide bonds. The Morgan fingerprint density at radius 3 is 2.04 bits per heavy atom.